The molecule has 2 aromatic carbocycles. The summed E-state index contributed by atoms with van der Waals surface area (Å²) < 4.78 is 17.8. The van der Waals surface area contributed by atoms with E-state index < -0.39 is 0 Å². The van der Waals surface area contributed by atoms with Crippen LogP contribution in [0.5, 0.6) is 5.75 Å². The van der Waals surface area contributed by atoms with E-state index in [2.05, 4.69) is 10.5 Å². The molecule has 114 valence electrons. The van der Waals surface area contributed by atoms with E-state index in [9.17, 15) is 9.18 Å². The molecular formula is C16H14ClFN2O2. The van der Waals surface area contributed by atoms with E-state index in [1.165, 1.54) is 18.3 Å². The normalized spacial score (nSPS) is 10.7. The minimum absolute atomic E-state index is 0.0801. The lowest BCUT2D eigenvalue weighted by Crippen LogP contribution is -2.20. The maximum Gasteiger partial charge on any atom is 0.244 e. The third kappa shape index (κ3) is 4.56. The first kappa shape index (κ1) is 16.0. The molecule has 1 amide bonds. The van der Waals surface area contributed by atoms with Crippen LogP contribution in [0.1, 0.15) is 11.1 Å². The van der Waals surface area contributed by atoms with Crippen LogP contribution in [0.25, 0.3) is 0 Å². The molecule has 0 radical (unpaired) electrons. The van der Waals surface area contributed by atoms with Gasteiger partial charge in [0.2, 0.25) is 5.91 Å². The van der Waals surface area contributed by atoms with E-state index in [0.717, 1.165) is 0 Å². The van der Waals surface area contributed by atoms with Crippen molar-refractivity contribution in [2.45, 2.75) is 6.42 Å². The zero-order valence-electron chi connectivity index (χ0n) is 11.8. The molecule has 0 saturated heterocycles. The van der Waals surface area contributed by atoms with E-state index in [-0.39, 0.29) is 18.1 Å². The molecule has 6 heteroatoms. The van der Waals surface area contributed by atoms with Crippen molar-refractivity contribution in [2.24, 2.45) is 5.10 Å². The van der Waals surface area contributed by atoms with Crippen LogP contribution in [0, 0.1) is 5.82 Å². The van der Waals surface area contributed by atoms with Gasteiger partial charge in [-0.25, -0.2) is 9.82 Å². The van der Waals surface area contributed by atoms with Gasteiger partial charge >= 0.3 is 0 Å². The van der Waals surface area contributed by atoms with E-state index in [1.807, 2.05) is 0 Å². The fourth-order valence-corrected chi connectivity index (χ4v) is 1.94. The second-order valence-electron chi connectivity index (χ2n) is 4.48. The molecule has 0 aliphatic heterocycles. The van der Waals surface area contributed by atoms with Gasteiger partial charge in [-0.3, -0.25) is 4.79 Å². The smallest absolute Gasteiger partial charge is 0.244 e. The number of carbonyl (C=O) groups excluding carboxylic acids is 1. The Labute approximate surface area is 132 Å². The summed E-state index contributed by atoms with van der Waals surface area (Å²) >= 11 is 6.03. The van der Waals surface area contributed by atoms with Crippen LogP contribution in [0.15, 0.2) is 47.6 Å². The van der Waals surface area contributed by atoms with Crippen molar-refractivity contribution in [2.75, 3.05) is 7.11 Å². The zero-order valence-corrected chi connectivity index (χ0v) is 12.6. The predicted octanol–water partition coefficient (Wildman–Crippen LogP) is 3.18. The van der Waals surface area contributed by atoms with Crippen molar-refractivity contribution in [1.29, 1.82) is 0 Å². The number of nitrogens with zero attached hydrogens (tertiary/aromatic N) is 1. The molecule has 0 aromatic heterocycles. The summed E-state index contributed by atoms with van der Waals surface area (Å²) in [6.07, 6.45) is 1.52. The average molecular weight is 321 g/mol. The van der Waals surface area contributed by atoms with Crippen LogP contribution >= 0.6 is 11.6 Å². The number of amides is 1. The fraction of sp³-hybridized carbons (Fsp3) is 0.125. The minimum atomic E-state index is -0.325. The number of carbonyl (C=O) groups is 1. The number of hydrogen-bond donors (Lipinski definition) is 1. The molecule has 22 heavy (non-hydrogen) atoms. The van der Waals surface area contributed by atoms with Crippen LogP contribution < -0.4 is 10.2 Å². The number of ether oxygens (including phenoxy) is 1. The maximum atomic E-state index is 12.7. The molecule has 0 fully saturated rings. The summed E-state index contributed by atoms with van der Waals surface area (Å²) in [5.41, 5.74) is 3.73. The molecule has 0 aliphatic carbocycles. The Balaban J connectivity index is 1.94. The molecule has 0 atom stereocenters. The highest BCUT2D eigenvalue weighted by molar-refractivity contribution is 6.31. The fourth-order valence-electron chi connectivity index (χ4n) is 1.75. The molecule has 1 N–H and O–H groups in total. The number of rotatable bonds is 5. The molecule has 4 nitrogen and oxygen atoms in total. The van der Waals surface area contributed by atoms with Gasteiger partial charge in [0.15, 0.2) is 0 Å². The molecule has 0 spiro atoms. The van der Waals surface area contributed by atoms with Crippen molar-refractivity contribution in [3.8, 4) is 5.75 Å². The summed E-state index contributed by atoms with van der Waals surface area (Å²) in [5, 5.41) is 4.30. The Morgan fingerprint density at radius 3 is 2.73 bits per heavy atom. The van der Waals surface area contributed by atoms with Crippen LogP contribution in [0.3, 0.4) is 0 Å². The molecule has 2 rings (SSSR count). The summed E-state index contributed by atoms with van der Waals surface area (Å²) in [7, 11) is 1.54. The number of hydrazone groups is 1. The van der Waals surface area contributed by atoms with Crippen molar-refractivity contribution >= 4 is 23.7 Å². The number of halogens is 2. The average Bonchev–Trinajstić information content (AvgIpc) is 2.51. The van der Waals surface area contributed by atoms with Crippen LogP contribution in [0.2, 0.25) is 5.02 Å². The van der Waals surface area contributed by atoms with Gasteiger partial charge < -0.3 is 4.74 Å². The standard InChI is InChI=1S/C16H14ClFN2O2/c1-22-14-6-7-15(17)12(8-14)9-16(21)20-19-10-11-2-4-13(18)5-3-11/h2-8,10H,9H2,1H3,(H,20,21)/b19-10+. The monoisotopic (exact) mass is 320 g/mol. The van der Waals surface area contributed by atoms with Gasteiger partial charge in [-0.1, -0.05) is 23.7 Å². The van der Waals surface area contributed by atoms with E-state index in [1.54, 1.807) is 37.4 Å². The Kier molecular flexibility index (Phi) is 5.49. The SMILES string of the molecule is COc1ccc(Cl)c(CC(=O)N/N=C/c2ccc(F)cc2)c1. The van der Waals surface area contributed by atoms with Crippen molar-refractivity contribution in [3.05, 3.63) is 64.4 Å². The third-order valence-electron chi connectivity index (χ3n) is 2.88. The van der Waals surface area contributed by atoms with E-state index >= 15 is 0 Å². The lowest BCUT2D eigenvalue weighted by Gasteiger charge is -2.06. The Morgan fingerprint density at radius 1 is 1.32 bits per heavy atom. The van der Waals surface area contributed by atoms with Gasteiger partial charge in [-0.05, 0) is 41.5 Å². The van der Waals surface area contributed by atoms with Crippen molar-refractivity contribution in [1.82, 2.24) is 5.43 Å². The Bertz CT molecular complexity index is 687. The quantitative estimate of drug-likeness (QED) is 0.679. The van der Waals surface area contributed by atoms with Crippen molar-refractivity contribution < 1.29 is 13.9 Å². The lowest BCUT2D eigenvalue weighted by molar-refractivity contribution is -0.120. The molecule has 0 unspecified atom stereocenters. The molecule has 0 saturated carbocycles. The van der Waals surface area contributed by atoms with Gasteiger partial charge in [-0.15, -0.1) is 0 Å². The van der Waals surface area contributed by atoms with Crippen molar-refractivity contribution in [3.63, 3.8) is 0 Å². The highest BCUT2D eigenvalue weighted by atomic mass is 35.5. The van der Waals surface area contributed by atoms with E-state index in [0.29, 0.717) is 21.9 Å². The minimum Gasteiger partial charge on any atom is -0.497 e. The topological polar surface area (TPSA) is 50.7 Å². The summed E-state index contributed by atoms with van der Waals surface area (Å²) in [5.74, 6) is -0.00983. The summed E-state index contributed by atoms with van der Waals surface area (Å²) in [4.78, 5) is 11.8. The second-order valence-corrected chi connectivity index (χ2v) is 4.89. The first-order chi connectivity index (χ1) is 10.6. The zero-order chi connectivity index (χ0) is 15.9. The Hall–Kier alpha value is -2.40. The third-order valence-corrected chi connectivity index (χ3v) is 3.25. The Morgan fingerprint density at radius 2 is 2.05 bits per heavy atom. The van der Waals surface area contributed by atoms with Gasteiger partial charge in [0.05, 0.1) is 19.7 Å². The van der Waals surface area contributed by atoms with Crippen LogP contribution in [-0.2, 0) is 11.2 Å². The van der Waals surface area contributed by atoms with Gasteiger partial charge in [0.1, 0.15) is 11.6 Å². The first-order valence-corrected chi connectivity index (χ1v) is 6.86. The predicted molar refractivity (Wildman–Crippen MR) is 83.8 cm³/mol. The van der Waals surface area contributed by atoms with Crippen LogP contribution in [-0.4, -0.2) is 19.2 Å². The number of hydrogen-bond acceptors (Lipinski definition) is 3. The molecular weight excluding hydrogens is 307 g/mol. The molecule has 0 heterocycles. The molecule has 0 aliphatic rings. The number of methoxy groups -OCH3 is 1. The summed E-state index contributed by atoms with van der Waals surface area (Å²) in [6.45, 7) is 0. The highest BCUT2D eigenvalue weighted by Crippen LogP contribution is 2.22. The number of benzene rings is 2. The number of nitrogens with one attached hydrogen (secondary N) is 1. The van der Waals surface area contributed by atoms with E-state index in [4.69, 9.17) is 16.3 Å². The first-order valence-electron chi connectivity index (χ1n) is 6.48. The van der Waals surface area contributed by atoms with Gasteiger partial charge in [-0.2, -0.15) is 5.10 Å². The largest absolute Gasteiger partial charge is 0.497 e. The lowest BCUT2D eigenvalue weighted by atomic mass is 10.1. The molecule has 0 bridgehead atoms. The van der Waals surface area contributed by atoms with Crippen LogP contribution in [0.4, 0.5) is 4.39 Å². The molecule has 2 aromatic rings. The van der Waals surface area contributed by atoms with Gasteiger partial charge in [0, 0.05) is 5.02 Å². The second kappa shape index (κ2) is 7.56. The highest BCUT2D eigenvalue weighted by Gasteiger charge is 2.07. The maximum absolute atomic E-state index is 12.7. The summed E-state index contributed by atoms with van der Waals surface area (Å²) in [6, 6.07) is 10.8. The van der Waals surface area contributed by atoms with Gasteiger partial charge in [0.25, 0.3) is 0 Å².